The summed E-state index contributed by atoms with van der Waals surface area (Å²) in [5, 5.41) is 3.90. The van der Waals surface area contributed by atoms with E-state index in [4.69, 9.17) is 9.26 Å². The van der Waals surface area contributed by atoms with Crippen molar-refractivity contribution in [2.75, 3.05) is 6.54 Å². The first-order valence-corrected chi connectivity index (χ1v) is 8.34. The van der Waals surface area contributed by atoms with Gasteiger partial charge < -0.3 is 18.7 Å². The van der Waals surface area contributed by atoms with Gasteiger partial charge in [0.1, 0.15) is 11.3 Å². The van der Waals surface area contributed by atoms with Crippen LogP contribution >= 0.6 is 0 Å². The molecule has 0 unspecified atom stereocenters. The number of rotatable bonds is 4. The van der Waals surface area contributed by atoms with Gasteiger partial charge in [-0.3, -0.25) is 4.79 Å². The second-order valence-corrected chi connectivity index (χ2v) is 6.47. The summed E-state index contributed by atoms with van der Waals surface area (Å²) in [6.45, 7) is 10.1. The summed E-state index contributed by atoms with van der Waals surface area (Å²) >= 11 is 0. The van der Waals surface area contributed by atoms with Gasteiger partial charge in [-0.05, 0) is 34.1 Å². The van der Waals surface area contributed by atoms with Crippen LogP contribution in [-0.4, -0.2) is 38.2 Å². The first kappa shape index (κ1) is 16.7. The Bertz CT molecular complexity index is 713. The molecule has 0 N–H and O–H groups in total. The molecule has 2 aromatic rings. The van der Waals surface area contributed by atoms with Gasteiger partial charge >= 0.3 is 0 Å². The molecular formula is C17H24N4O3. The van der Waals surface area contributed by atoms with E-state index in [1.807, 2.05) is 25.1 Å². The van der Waals surface area contributed by atoms with Crippen molar-refractivity contribution in [1.29, 1.82) is 0 Å². The molecule has 1 aliphatic heterocycles. The second-order valence-electron chi connectivity index (χ2n) is 6.47. The largest absolute Gasteiger partial charge is 0.372 e. The van der Waals surface area contributed by atoms with Crippen LogP contribution in [0.5, 0.6) is 0 Å². The fourth-order valence-electron chi connectivity index (χ4n) is 3.00. The van der Waals surface area contributed by atoms with E-state index in [-0.39, 0.29) is 12.0 Å². The summed E-state index contributed by atoms with van der Waals surface area (Å²) in [5.74, 6) is 0.537. The Kier molecular flexibility index (Phi) is 4.71. The first-order chi connectivity index (χ1) is 11.5. The topological polar surface area (TPSA) is 73.4 Å². The highest BCUT2D eigenvalue weighted by Crippen LogP contribution is 2.21. The normalized spacial score (nSPS) is 14.8. The van der Waals surface area contributed by atoms with E-state index < -0.39 is 0 Å². The maximum Gasteiger partial charge on any atom is 0.259 e. The molecule has 0 aliphatic carbocycles. The number of fused-ring (bicyclic) bond motifs is 1. The van der Waals surface area contributed by atoms with Gasteiger partial charge in [-0.2, -0.15) is 0 Å². The Morgan fingerprint density at radius 3 is 2.83 bits per heavy atom. The molecule has 0 saturated carbocycles. The Morgan fingerprint density at radius 2 is 2.17 bits per heavy atom. The zero-order chi connectivity index (χ0) is 17.3. The second kappa shape index (κ2) is 6.76. The zero-order valence-corrected chi connectivity index (χ0v) is 14.7. The number of amides is 1. The molecule has 3 rings (SSSR count). The predicted molar refractivity (Wildman–Crippen MR) is 87.5 cm³/mol. The maximum atomic E-state index is 12.9. The molecule has 0 fully saturated rings. The third kappa shape index (κ3) is 3.21. The highest BCUT2D eigenvalue weighted by molar-refractivity contribution is 5.96. The monoisotopic (exact) mass is 332 g/mol. The van der Waals surface area contributed by atoms with Gasteiger partial charge in [0.15, 0.2) is 0 Å². The third-order valence-electron chi connectivity index (χ3n) is 4.29. The number of carbonyl (C=O) groups excluding carboxylic acids is 1. The molecular weight excluding hydrogens is 308 g/mol. The Hall–Kier alpha value is -2.15. The van der Waals surface area contributed by atoms with Gasteiger partial charge in [0.25, 0.3) is 5.91 Å². The van der Waals surface area contributed by atoms with Crippen LogP contribution in [0.25, 0.3) is 0 Å². The van der Waals surface area contributed by atoms with E-state index in [2.05, 4.69) is 14.7 Å². The minimum Gasteiger partial charge on any atom is -0.372 e. The van der Waals surface area contributed by atoms with Crippen molar-refractivity contribution in [2.24, 2.45) is 0 Å². The number of carbonyl (C=O) groups is 1. The SMILES string of the molecule is Cc1noc(C)c1C(=O)N1CCCn2cnc(COC(C)C)c2C1. The number of aromatic nitrogens is 3. The molecule has 7 nitrogen and oxygen atoms in total. The fourth-order valence-corrected chi connectivity index (χ4v) is 3.00. The number of aryl methyl sites for hydroxylation is 3. The Labute approximate surface area is 141 Å². The van der Waals surface area contributed by atoms with Crippen LogP contribution in [0.2, 0.25) is 0 Å². The lowest BCUT2D eigenvalue weighted by molar-refractivity contribution is 0.0620. The van der Waals surface area contributed by atoms with Crippen LogP contribution in [0.15, 0.2) is 10.9 Å². The van der Waals surface area contributed by atoms with Crippen molar-refractivity contribution in [3.8, 4) is 0 Å². The van der Waals surface area contributed by atoms with Crippen molar-refractivity contribution >= 4 is 5.91 Å². The highest BCUT2D eigenvalue weighted by Gasteiger charge is 2.27. The number of ether oxygens (including phenoxy) is 1. The third-order valence-corrected chi connectivity index (χ3v) is 4.29. The van der Waals surface area contributed by atoms with Gasteiger partial charge in [0.2, 0.25) is 0 Å². The quantitative estimate of drug-likeness (QED) is 0.860. The van der Waals surface area contributed by atoms with Gasteiger partial charge in [-0.1, -0.05) is 5.16 Å². The Morgan fingerprint density at radius 1 is 1.38 bits per heavy atom. The van der Waals surface area contributed by atoms with Crippen LogP contribution in [0.1, 0.15) is 53.5 Å². The van der Waals surface area contributed by atoms with Gasteiger partial charge in [-0.15, -0.1) is 0 Å². The molecule has 0 spiro atoms. The molecule has 0 radical (unpaired) electrons. The van der Waals surface area contributed by atoms with E-state index in [0.717, 1.165) is 24.4 Å². The molecule has 0 aromatic carbocycles. The summed E-state index contributed by atoms with van der Waals surface area (Å²) in [6, 6.07) is 0. The smallest absolute Gasteiger partial charge is 0.259 e. The average Bonchev–Trinajstić information content (AvgIpc) is 2.99. The van der Waals surface area contributed by atoms with Crippen molar-refractivity contribution in [3.05, 3.63) is 34.7 Å². The summed E-state index contributed by atoms with van der Waals surface area (Å²) < 4.78 is 13.0. The molecule has 0 bridgehead atoms. The van der Waals surface area contributed by atoms with E-state index in [0.29, 0.717) is 36.7 Å². The van der Waals surface area contributed by atoms with E-state index in [1.165, 1.54) is 0 Å². The molecule has 2 aromatic heterocycles. The molecule has 0 atom stereocenters. The lowest BCUT2D eigenvalue weighted by Crippen LogP contribution is -2.31. The van der Waals surface area contributed by atoms with Crippen molar-refractivity contribution in [3.63, 3.8) is 0 Å². The maximum absolute atomic E-state index is 12.9. The zero-order valence-electron chi connectivity index (χ0n) is 14.7. The highest BCUT2D eigenvalue weighted by atomic mass is 16.5. The van der Waals surface area contributed by atoms with E-state index >= 15 is 0 Å². The van der Waals surface area contributed by atoms with Crippen molar-refractivity contribution < 1.29 is 14.1 Å². The number of nitrogens with zero attached hydrogens (tertiary/aromatic N) is 4. The average molecular weight is 332 g/mol. The molecule has 130 valence electrons. The standard InChI is InChI=1S/C17H24N4O3/c1-11(2)23-9-14-15-8-20(6-5-7-21(15)10-18-14)17(22)16-12(3)19-24-13(16)4/h10-11H,5-9H2,1-4H3. The summed E-state index contributed by atoms with van der Waals surface area (Å²) in [6.07, 6.45) is 2.88. The Balaban J connectivity index is 1.83. The molecule has 1 aliphatic rings. The molecule has 1 amide bonds. The number of hydrogen-bond donors (Lipinski definition) is 0. The summed E-state index contributed by atoms with van der Waals surface area (Å²) in [5.41, 5.74) is 3.16. The van der Waals surface area contributed by atoms with Crippen LogP contribution in [-0.2, 0) is 24.4 Å². The number of imidazole rings is 1. The molecule has 7 heteroatoms. The predicted octanol–water partition coefficient (Wildman–Crippen LogP) is 2.46. The fraction of sp³-hybridized carbons (Fsp3) is 0.588. The summed E-state index contributed by atoms with van der Waals surface area (Å²) in [7, 11) is 0. The van der Waals surface area contributed by atoms with Crippen LogP contribution in [0.3, 0.4) is 0 Å². The molecule has 3 heterocycles. The lowest BCUT2D eigenvalue weighted by atomic mass is 10.1. The van der Waals surface area contributed by atoms with Gasteiger partial charge in [0.05, 0.1) is 42.7 Å². The van der Waals surface area contributed by atoms with Crippen molar-refractivity contribution in [1.82, 2.24) is 19.6 Å². The molecule has 24 heavy (non-hydrogen) atoms. The van der Waals surface area contributed by atoms with E-state index in [9.17, 15) is 4.79 Å². The lowest BCUT2D eigenvalue weighted by Gasteiger charge is -2.20. The molecule has 0 saturated heterocycles. The van der Waals surface area contributed by atoms with Crippen LogP contribution < -0.4 is 0 Å². The minimum atomic E-state index is -0.0309. The minimum absolute atomic E-state index is 0.0309. The number of hydrogen-bond acceptors (Lipinski definition) is 5. The van der Waals surface area contributed by atoms with Crippen LogP contribution in [0, 0.1) is 13.8 Å². The first-order valence-electron chi connectivity index (χ1n) is 8.34. The van der Waals surface area contributed by atoms with Crippen LogP contribution in [0.4, 0.5) is 0 Å². The van der Waals surface area contributed by atoms with Gasteiger partial charge in [-0.25, -0.2) is 4.98 Å². The van der Waals surface area contributed by atoms with Gasteiger partial charge in [0, 0.05) is 13.1 Å². The van der Waals surface area contributed by atoms with Crippen molar-refractivity contribution in [2.45, 2.75) is 59.9 Å². The van der Waals surface area contributed by atoms with E-state index in [1.54, 1.807) is 13.8 Å². The summed E-state index contributed by atoms with van der Waals surface area (Å²) in [4.78, 5) is 19.3.